The van der Waals surface area contributed by atoms with Crippen LogP contribution in [-0.2, 0) is 10.8 Å². The topological polar surface area (TPSA) is 69.6 Å². The average Bonchev–Trinajstić information content (AvgIpc) is 3.17. The van der Waals surface area contributed by atoms with Gasteiger partial charge >= 0.3 is 0 Å². The van der Waals surface area contributed by atoms with Crippen molar-refractivity contribution < 1.29 is 4.21 Å². The van der Waals surface area contributed by atoms with Gasteiger partial charge in [-0.3, -0.25) is 9.20 Å². The van der Waals surface area contributed by atoms with E-state index < -0.39 is 10.8 Å². The lowest BCUT2D eigenvalue weighted by Gasteiger charge is -2.20. The molecule has 29 heavy (non-hydrogen) atoms. The molecule has 1 aromatic carbocycles. The van der Waals surface area contributed by atoms with E-state index in [0.717, 1.165) is 42.7 Å². The molecule has 0 aliphatic carbocycles. The van der Waals surface area contributed by atoms with Crippen LogP contribution in [0, 0.1) is 0 Å². The third-order valence-corrected chi connectivity index (χ3v) is 6.11. The first-order valence-corrected chi connectivity index (χ1v) is 11.2. The molecule has 2 unspecified atom stereocenters. The minimum atomic E-state index is -1.03. The Morgan fingerprint density at radius 1 is 1.31 bits per heavy atom. The van der Waals surface area contributed by atoms with Crippen LogP contribution >= 0.6 is 35.6 Å². The maximum atomic E-state index is 12.3. The van der Waals surface area contributed by atoms with Crippen molar-refractivity contribution >= 4 is 58.2 Å². The number of nitrogens with one attached hydrogen (secondary N) is 2. The molecular weight excluding hydrogens is 521 g/mol. The molecule has 2 atom stereocenters. The quantitative estimate of drug-likeness (QED) is 0.316. The lowest BCUT2D eigenvalue weighted by molar-refractivity contribution is 0.649. The summed E-state index contributed by atoms with van der Waals surface area (Å²) in [5.74, 6) is 2.08. The Hall–Kier alpha value is -1.39. The van der Waals surface area contributed by atoms with Crippen molar-refractivity contribution in [2.24, 2.45) is 4.99 Å². The zero-order valence-electron chi connectivity index (χ0n) is 16.4. The second-order valence-electron chi connectivity index (χ2n) is 6.51. The Labute approximate surface area is 197 Å². The van der Waals surface area contributed by atoms with Crippen molar-refractivity contribution in [1.82, 2.24) is 15.6 Å². The predicted octanol–water partition coefficient (Wildman–Crippen LogP) is 3.29. The molecule has 1 saturated heterocycles. The smallest absolute Gasteiger partial charge is 0.191 e. The highest BCUT2D eigenvalue weighted by Gasteiger charge is 2.25. The predicted molar refractivity (Wildman–Crippen MR) is 132 cm³/mol. The highest BCUT2D eigenvalue weighted by molar-refractivity contribution is 14.0. The fraction of sp³-hybridized carbons (Fsp3) is 0.400. The number of rotatable bonds is 7. The third-order valence-electron chi connectivity index (χ3n) is 4.46. The van der Waals surface area contributed by atoms with E-state index in [4.69, 9.17) is 11.6 Å². The molecule has 0 saturated carbocycles. The molecule has 2 heterocycles. The molecular formula is C20H27ClIN5OS. The summed E-state index contributed by atoms with van der Waals surface area (Å²) in [6, 6.07) is 13.5. The van der Waals surface area contributed by atoms with Crippen LogP contribution in [0.15, 0.2) is 58.5 Å². The van der Waals surface area contributed by atoms with Gasteiger partial charge in [0.15, 0.2) is 5.96 Å². The molecule has 1 aliphatic rings. The van der Waals surface area contributed by atoms with Crippen molar-refractivity contribution in [3.63, 3.8) is 0 Å². The Balaban J connectivity index is 0.00000300. The van der Waals surface area contributed by atoms with Gasteiger partial charge in [-0.1, -0.05) is 29.8 Å². The number of aliphatic imine (C=N–C) groups is 1. The first kappa shape index (κ1) is 23.9. The monoisotopic (exact) mass is 547 g/mol. The Kier molecular flexibility index (Phi) is 10.2. The van der Waals surface area contributed by atoms with E-state index in [0.29, 0.717) is 17.3 Å². The van der Waals surface area contributed by atoms with Crippen molar-refractivity contribution in [3.05, 3.63) is 53.7 Å². The first-order chi connectivity index (χ1) is 13.7. The number of hydrogen-bond acceptors (Lipinski definition) is 4. The minimum absolute atomic E-state index is 0. The molecule has 6 nitrogen and oxygen atoms in total. The SMILES string of the molecule is CCNC(=NCCS(=O)c1ccccc1)NC1CCN(c2ncccc2Cl)C1.I. The lowest BCUT2D eigenvalue weighted by Crippen LogP contribution is -2.44. The van der Waals surface area contributed by atoms with E-state index in [2.05, 4.69) is 25.5 Å². The maximum Gasteiger partial charge on any atom is 0.191 e. The number of halogens is 2. The van der Waals surface area contributed by atoms with E-state index in [9.17, 15) is 4.21 Å². The summed E-state index contributed by atoms with van der Waals surface area (Å²) in [7, 11) is -1.03. The summed E-state index contributed by atoms with van der Waals surface area (Å²) in [4.78, 5) is 12.0. The normalized spacial score (nSPS) is 17.5. The summed E-state index contributed by atoms with van der Waals surface area (Å²) >= 11 is 6.27. The van der Waals surface area contributed by atoms with E-state index >= 15 is 0 Å². The van der Waals surface area contributed by atoms with Gasteiger partial charge in [0.25, 0.3) is 0 Å². The molecule has 2 N–H and O–H groups in total. The number of aromatic nitrogens is 1. The largest absolute Gasteiger partial charge is 0.357 e. The third kappa shape index (κ3) is 7.11. The van der Waals surface area contributed by atoms with Crippen LogP contribution in [0.3, 0.4) is 0 Å². The van der Waals surface area contributed by atoms with E-state index in [-0.39, 0.29) is 30.0 Å². The Morgan fingerprint density at radius 3 is 2.83 bits per heavy atom. The van der Waals surface area contributed by atoms with Gasteiger partial charge in [0, 0.05) is 42.5 Å². The molecule has 1 aliphatic heterocycles. The molecule has 3 rings (SSSR count). The second-order valence-corrected chi connectivity index (χ2v) is 8.49. The van der Waals surface area contributed by atoms with Crippen LogP contribution in [0.1, 0.15) is 13.3 Å². The van der Waals surface area contributed by atoms with Gasteiger partial charge in [0.2, 0.25) is 0 Å². The first-order valence-electron chi connectivity index (χ1n) is 9.51. The van der Waals surface area contributed by atoms with Crippen molar-refractivity contribution in [2.75, 3.05) is 36.8 Å². The Morgan fingerprint density at radius 2 is 2.10 bits per heavy atom. The molecule has 158 valence electrons. The van der Waals surface area contributed by atoms with Crippen LogP contribution in [0.4, 0.5) is 5.82 Å². The average molecular weight is 548 g/mol. The zero-order valence-corrected chi connectivity index (χ0v) is 20.3. The molecule has 0 bridgehead atoms. The van der Waals surface area contributed by atoms with Gasteiger partial charge in [-0.25, -0.2) is 4.98 Å². The van der Waals surface area contributed by atoms with Crippen molar-refractivity contribution in [3.8, 4) is 0 Å². The highest BCUT2D eigenvalue weighted by atomic mass is 127. The molecule has 1 aromatic heterocycles. The molecule has 0 radical (unpaired) electrons. The summed E-state index contributed by atoms with van der Waals surface area (Å²) in [5, 5.41) is 7.42. The van der Waals surface area contributed by atoms with Crippen LogP contribution in [0.5, 0.6) is 0 Å². The van der Waals surface area contributed by atoms with E-state index in [1.165, 1.54) is 0 Å². The zero-order chi connectivity index (χ0) is 19.8. The number of guanidine groups is 1. The lowest BCUT2D eigenvalue weighted by atomic mass is 10.3. The fourth-order valence-corrected chi connectivity index (χ4v) is 4.32. The van der Waals surface area contributed by atoms with Gasteiger partial charge in [0.1, 0.15) is 5.82 Å². The summed E-state index contributed by atoms with van der Waals surface area (Å²) in [5.41, 5.74) is 0. The van der Waals surface area contributed by atoms with Crippen LogP contribution in [0.25, 0.3) is 0 Å². The summed E-state index contributed by atoms with van der Waals surface area (Å²) < 4.78 is 12.3. The standard InChI is InChI=1S/C20H26ClN5OS.HI/c1-2-22-20(24-12-14-28(27)17-7-4-3-5-8-17)25-16-10-13-26(15-16)19-18(21)9-6-11-23-19;/h3-9,11,16H,2,10,12-15H2,1H3,(H2,22,24,25);1H. The number of nitrogens with zero attached hydrogens (tertiary/aromatic N) is 3. The second kappa shape index (κ2) is 12.3. The number of benzene rings is 1. The van der Waals surface area contributed by atoms with Crippen molar-refractivity contribution in [1.29, 1.82) is 0 Å². The number of pyridine rings is 1. The highest BCUT2D eigenvalue weighted by Crippen LogP contribution is 2.25. The number of hydrogen-bond donors (Lipinski definition) is 2. The Bertz CT molecular complexity index is 824. The molecule has 0 amide bonds. The molecule has 9 heteroatoms. The minimum Gasteiger partial charge on any atom is -0.357 e. The summed E-state index contributed by atoms with van der Waals surface area (Å²) in [6.07, 6.45) is 2.74. The van der Waals surface area contributed by atoms with E-state index in [1.54, 1.807) is 6.20 Å². The van der Waals surface area contributed by atoms with Crippen LogP contribution in [0.2, 0.25) is 5.02 Å². The summed E-state index contributed by atoms with van der Waals surface area (Å²) in [6.45, 7) is 5.02. The van der Waals surface area contributed by atoms with Crippen LogP contribution < -0.4 is 15.5 Å². The maximum absolute atomic E-state index is 12.3. The van der Waals surface area contributed by atoms with Gasteiger partial charge in [0.05, 0.1) is 22.4 Å². The van der Waals surface area contributed by atoms with Gasteiger partial charge in [-0.2, -0.15) is 0 Å². The van der Waals surface area contributed by atoms with Crippen LogP contribution in [-0.4, -0.2) is 53.1 Å². The molecule has 1 fully saturated rings. The number of anilines is 1. The van der Waals surface area contributed by atoms with Gasteiger partial charge in [-0.05, 0) is 37.6 Å². The van der Waals surface area contributed by atoms with Gasteiger partial charge < -0.3 is 15.5 Å². The van der Waals surface area contributed by atoms with Gasteiger partial charge in [-0.15, -0.1) is 24.0 Å². The molecule has 0 spiro atoms. The molecule has 2 aromatic rings. The van der Waals surface area contributed by atoms with Crippen molar-refractivity contribution in [2.45, 2.75) is 24.3 Å². The van der Waals surface area contributed by atoms with E-state index in [1.807, 2.05) is 49.4 Å². The fourth-order valence-electron chi connectivity index (χ4n) is 3.12.